The summed E-state index contributed by atoms with van der Waals surface area (Å²) in [5, 5.41) is 0. The molecule has 3 heteroatoms. The molecule has 76 valence electrons. The number of hydrogen-bond acceptors (Lipinski definition) is 3. The van der Waals surface area contributed by atoms with Crippen LogP contribution in [0.15, 0.2) is 24.5 Å². The molecule has 2 rings (SSSR count). The number of nitrogens with zero attached hydrogens (tertiary/aromatic N) is 2. The molecule has 1 fully saturated rings. The van der Waals surface area contributed by atoms with E-state index in [1.165, 1.54) is 5.56 Å². The van der Waals surface area contributed by atoms with E-state index in [4.69, 9.17) is 5.73 Å². The lowest BCUT2D eigenvalue weighted by atomic mass is 10.2. The Morgan fingerprint density at radius 1 is 1.43 bits per heavy atom. The minimum Gasteiger partial charge on any atom is -0.326 e. The van der Waals surface area contributed by atoms with Crippen molar-refractivity contribution in [3.63, 3.8) is 0 Å². The van der Waals surface area contributed by atoms with E-state index in [-0.39, 0.29) is 0 Å². The normalized spacial score (nSPS) is 22.8. The molecule has 0 radical (unpaired) electrons. The van der Waals surface area contributed by atoms with Gasteiger partial charge in [0.15, 0.2) is 0 Å². The van der Waals surface area contributed by atoms with Crippen LogP contribution in [0.4, 0.5) is 0 Å². The summed E-state index contributed by atoms with van der Waals surface area (Å²) in [4.78, 5) is 6.44. The monoisotopic (exact) mass is 191 g/mol. The molecule has 14 heavy (non-hydrogen) atoms. The van der Waals surface area contributed by atoms with Crippen LogP contribution in [0.1, 0.15) is 12.0 Å². The summed E-state index contributed by atoms with van der Waals surface area (Å²) >= 11 is 0. The van der Waals surface area contributed by atoms with Crippen LogP contribution in [0.2, 0.25) is 0 Å². The molecule has 0 unspecified atom stereocenters. The highest BCUT2D eigenvalue weighted by atomic mass is 15.2. The number of hydrogen-bond donors (Lipinski definition) is 1. The number of pyridine rings is 1. The summed E-state index contributed by atoms with van der Waals surface area (Å²) in [6, 6.07) is 4.55. The van der Waals surface area contributed by atoms with Gasteiger partial charge in [-0.05, 0) is 37.1 Å². The van der Waals surface area contributed by atoms with Crippen molar-refractivity contribution in [3.8, 4) is 0 Å². The van der Waals surface area contributed by atoms with E-state index in [0.29, 0.717) is 6.04 Å². The van der Waals surface area contributed by atoms with Crippen molar-refractivity contribution < 1.29 is 0 Å². The average molecular weight is 191 g/mol. The number of rotatable bonds is 3. The van der Waals surface area contributed by atoms with Crippen LogP contribution in [0.5, 0.6) is 0 Å². The smallest absolute Gasteiger partial charge is 0.0270 e. The number of aromatic nitrogens is 1. The van der Waals surface area contributed by atoms with E-state index in [1.54, 1.807) is 0 Å². The summed E-state index contributed by atoms with van der Waals surface area (Å²) in [7, 11) is 0. The molecule has 1 aromatic rings. The molecule has 1 aromatic heterocycles. The van der Waals surface area contributed by atoms with Crippen LogP contribution in [-0.4, -0.2) is 35.6 Å². The van der Waals surface area contributed by atoms with Crippen LogP contribution >= 0.6 is 0 Å². The first-order valence-electron chi connectivity index (χ1n) is 5.21. The van der Waals surface area contributed by atoms with Gasteiger partial charge in [-0.15, -0.1) is 0 Å². The molecule has 0 spiro atoms. The standard InChI is InChI=1S/C11H17N3/c12-11-4-8-14(9-11)7-3-10-1-5-13-6-2-10/h1-2,5-6,11H,3-4,7-9,12H2/t11-/m1/s1. The molecule has 0 amide bonds. The van der Waals surface area contributed by atoms with E-state index in [9.17, 15) is 0 Å². The van der Waals surface area contributed by atoms with E-state index in [1.807, 2.05) is 12.4 Å². The zero-order valence-electron chi connectivity index (χ0n) is 8.39. The largest absolute Gasteiger partial charge is 0.326 e. The lowest BCUT2D eigenvalue weighted by Crippen LogP contribution is -2.28. The highest BCUT2D eigenvalue weighted by molar-refractivity contribution is 5.10. The van der Waals surface area contributed by atoms with Crippen LogP contribution in [-0.2, 0) is 6.42 Å². The average Bonchev–Trinajstić information content (AvgIpc) is 2.63. The Kier molecular flexibility index (Phi) is 3.11. The molecule has 2 N–H and O–H groups in total. The van der Waals surface area contributed by atoms with Crippen molar-refractivity contribution in [3.05, 3.63) is 30.1 Å². The molecule has 0 bridgehead atoms. The minimum absolute atomic E-state index is 0.396. The van der Waals surface area contributed by atoms with Gasteiger partial charge in [0.05, 0.1) is 0 Å². The first-order valence-corrected chi connectivity index (χ1v) is 5.21. The molecule has 3 nitrogen and oxygen atoms in total. The van der Waals surface area contributed by atoms with Gasteiger partial charge in [-0.2, -0.15) is 0 Å². The maximum Gasteiger partial charge on any atom is 0.0270 e. The summed E-state index contributed by atoms with van der Waals surface area (Å²) < 4.78 is 0. The zero-order valence-corrected chi connectivity index (χ0v) is 8.39. The lowest BCUT2D eigenvalue weighted by Gasteiger charge is -2.14. The van der Waals surface area contributed by atoms with Gasteiger partial charge in [0.2, 0.25) is 0 Å². The second kappa shape index (κ2) is 4.53. The van der Waals surface area contributed by atoms with Gasteiger partial charge in [0.1, 0.15) is 0 Å². The minimum atomic E-state index is 0.396. The second-order valence-corrected chi connectivity index (χ2v) is 3.95. The fourth-order valence-corrected chi connectivity index (χ4v) is 1.90. The SMILES string of the molecule is N[C@@H]1CCN(CCc2ccncc2)C1. The zero-order chi connectivity index (χ0) is 9.80. The highest BCUT2D eigenvalue weighted by Crippen LogP contribution is 2.08. The van der Waals surface area contributed by atoms with Crippen molar-refractivity contribution in [2.75, 3.05) is 19.6 Å². The van der Waals surface area contributed by atoms with E-state index in [2.05, 4.69) is 22.0 Å². The third kappa shape index (κ3) is 2.53. The molecule has 1 saturated heterocycles. The Morgan fingerprint density at radius 2 is 2.21 bits per heavy atom. The summed E-state index contributed by atoms with van der Waals surface area (Å²) in [6.07, 6.45) is 5.96. The lowest BCUT2D eigenvalue weighted by molar-refractivity contribution is 0.339. The first-order chi connectivity index (χ1) is 6.84. The van der Waals surface area contributed by atoms with Gasteiger partial charge in [-0.3, -0.25) is 4.98 Å². The van der Waals surface area contributed by atoms with Gasteiger partial charge in [0.25, 0.3) is 0 Å². The molecule has 0 aliphatic carbocycles. The summed E-state index contributed by atoms with van der Waals surface area (Å²) in [5.41, 5.74) is 7.20. The maximum absolute atomic E-state index is 5.84. The molecule has 0 saturated carbocycles. The van der Waals surface area contributed by atoms with E-state index < -0.39 is 0 Å². The fourth-order valence-electron chi connectivity index (χ4n) is 1.90. The topological polar surface area (TPSA) is 42.1 Å². The van der Waals surface area contributed by atoms with Gasteiger partial charge in [-0.25, -0.2) is 0 Å². The third-order valence-corrected chi connectivity index (χ3v) is 2.77. The molecular weight excluding hydrogens is 174 g/mol. The van der Waals surface area contributed by atoms with Gasteiger partial charge < -0.3 is 10.6 Å². The number of nitrogens with two attached hydrogens (primary N) is 1. The van der Waals surface area contributed by atoms with Crippen molar-refractivity contribution >= 4 is 0 Å². The molecular formula is C11H17N3. The Morgan fingerprint density at radius 3 is 2.86 bits per heavy atom. The highest BCUT2D eigenvalue weighted by Gasteiger charge is 2.17. The van der Waals surface area contributed by atoms with Crippen molar-refractivity contribution in [1.82, 2.24) is 9.88 Å². The van der Waals surface area contributed by atoms with Crippen LogP contribution in [0.3, 0.4) is 0 Å². The van der Waals surface area contributed by atoms with E-state index >= 15 is 0 Å². The van der Waals surface area contributed by atoms with Crippen LogP contribution in [0.25, 0.3) is 0 Å². The van der Waals surface area contributed by atoms with Crippen LogP contribution < -0.4 is 5.73 Å². The van der Waals surface area contributed by atoms with Crippen molar-refractivity contribution in [2.45, 2.75) is 18.9 Å². The molecule has 2 heterocycles. The Bertz CT molecular complexity index is 273. The quantitative estimate of drug-likeness (QED) is 0.763. The van der Waals surface area contributed by atoms with Crippen molar-refractivity contribution in [2.24, 2.45) is 5.73 Å². The Balaban J connectivity index is 1.78. The number of likely N-dealkylation sites (tertiary alicyclic amines) is 1. The Hall–Kier alpha value is -0.930. The molecule has 0 aromatic carbocycles. The van der Waals surface area contributed by atoms with Crippen molar-refractivity contribution in [1.29, 1.82) is 0 Å². The van der Waals surface area contributed by atoms with Gasteiger partial charge in [0, 0.05) is 31.5 Å². The third-order valence-electron chi connectivity index (χ3n) is 2.77. The molecule has 1 aliphatic heterocycles. The predicted molar refractivity (Wildman–Crippen MR) is 57.0 cm³/mol. The van der Waals surface area contributed by atoms with Crippen LogP contribution in [0, 0.1) is 0 Å². The fraction of sp³-hybridized carbons (Fsp3) is 0.545. The summed E-state index contributed by atoms with van der Waals surface area (Å²) in [6.45, 7) is 3.34. The first kappa shape index (κ1) is 9.62. The Labute approximate surface area is 84.9 Å². The van der Waals surface area contributed by atoms with Gasteiger partial charge in [-0.1, -0.05) is 0 Å². The predicted octanol–water partition coefficient (Wildman–Crippen LogP) is 0.657. The van der Waals surface area contributed by atoms with Gasteiger partial charge >= 0.3 is 0 Å². The van der Waals surface area contributed by atoms with E-state index in [0.717, 1.165) is 32.5 Å². The summed E-state index contributed by atoms with van der Waals surface area (Å²) in [5.74, 6) is 0. The molecule has 1 atom stereocenters. The maximum atomic E-state index is 5.84. The molecule has 1 aliphatic rings. The second-order valence-electron chi connectivity index (χ2n) is 3.95.